The number of rotatable bonds is 4. The number of hydrogen-bond donors (Lipinski definition) is 1. The van der Waals surface area contributed by atoms with E-state index in [-0.39, 0.29) is 46.8 Å². The Kier molecular flexibility index (Phi) is 6.01. The van der Waals surface area contributed by atoms with E-state index in [1.807, 2.05) is 12.1 Å². The minimum atomic E-state index is -3.75. The van der Waals surface area contributed by atoms with Crippen LogP contribution in [0, 0.1) is 5.92 Å². The van der Waals surface area contributed by atoms with Gasteiger partial charge in [-0.2, -0.15) is 0 Å². The molecule has 5 unspecified atom stereocenters. The van der Waals surface area contributed by atoms with Crippen LogP contribution >= 0.6 is 0 Å². The molecule has 1 aliphatic heterocycles. The van der Waals surface area contributed by atoms with Gasteiger partial charge in [-0.1, -0.05) is 32.9 Å². The van der Waals surface area contributed by atoms with Crippen LogP contribution in [0.1, 0.15) is 39.2 Å². The topological polar surface area (TPSA) is 81.7 Å². The molecule has 2 aliphatic rings. The average Bonchev–Trinajstić information content (AvgIpc) is 2.66. The third-order valence-electron chi connectivity index (χ3n) is 6.15. The highest BCUT2D eigenvalue weighted by molar-refractivity contribution is 7.92. The molecule has 1 saturated heterocycles. The Hall–Kier alpha value is -1.28. The summed E-state index contributed by atoms with van der Waals surface area (Å²) < 4.78 is 37.4. The molecule has 1 aromatic carbocycles. The van der Waals surface area contributed by atoms with Crippen LogP contribution in [0.25, 0.3) is 0 Å². The Morgan fingerprint density at radius 3 is 2.11 bits per heavy atom. The molecule has 1 heterocycles. The quantitative estimate of drug-likeness (QED) is 0.820. The maximum absolute atomic E-state index is 13.2. The lowest BCUT2D eigenvalue weighted by molar-refractivity contribution is -0.134. The SMILES string of the molecule is COC1CC2NCC(S(=O)(=O)c3ccc(C(C)(C)C)cc3)C(=O)C2CC1OC. The number of benzene rings is 1. The van der Waals surface area contributed by atoms with Crippen LogP contribution in [-0.2, 0) is 29.5 Å². The minimum Gasteiger partial charge on any atom is -0.379 e. The molecule has 0 amide bonds. The molecule has 5 atom stereocenters. The van der Waals surface area contributed by atoms with Crippen LogP contribution in [0.5, 0.6) is 0 Å². The molecule has 0 radical (unpaired) electrons. The predicted octanol–water partition coefficient (Wildman–Crippen LogP) is 2.11. The van der Waals surface area contributed by atoms with Crippen molar-refractivity contribution in [1.82, 2.24) is 5.32 Å². The van der Waals surface area contributed by atoms with Gasteiger partial charge in [-0.15, -0.1) is 0 Å². The van der Waals surface area contributed by atoms with Crippen LogP contribution < -0.4 is 5.32 Å². The van der Waals surface area contributed by atoms with Gasteiger partial charge in [0.05, 0.1) is 17.1 Å². The van der Waals surface area contributed by atoms with Crippen LogP contribution in [0.15, 0.2) is 29.2 Å². The Labute approximate surface area is 167 Å². The number of ether oxygens (including phenoxy) is 2. The van der Waals surface area contributed by atoms with Gasteiger partial charge >= 0.3 is 0 Å². The van der Waals surface area contributed by atoms with E-state index in [1.165, 1.54) is 0 Å². The molecule has 7 heteroatoms. The van der Waals surface area contributed by atoms with Gasteiger partial charge in [0.1, 0.15) is 5.25 Å². The molecule has 1 saturated carbocycles. The zero-order valence-corrected chi connectivity index (χ0v) is 18.1. The summed E-state index contributed by atoms with van der Waals surface area (Å²) in [6.07, 6.45) is 0.813. The van der Waals surface area contributed by atoms with Crippen molar-refractivity contribution in [3.05, 3.63) is 29.8 Å². The first-order valence-corrected chi connectivity index (χ1v) is 11.3. The van der Waals surface area contributed by atoms with Gasteiger partial charge in [0.2, 0.25) is 0 Å². The third-order valence-corrected chi connectivity index (χ3v) is 8.23. The number of sulfone groups is 1. The van der Waals surface area contributed by atoms with E-state index in [0.29, 0.717) is 12.8 Å². The highest BCUT2D eigenvalue weighted by atomic mass is 32.2. The summed E-state index contributed by atoms with van der Waals surface area (Å²) in [5.74, 6) is -0.584. The largest absolute Gasteiger partial charge is 0.379 e. The first-order chi connectivity index (χ1) is 13.1. The number of piperidine rings is 1. The molecule has 2 fully saturated rings. The zero-order chi connectivity index (χ0) is 20.7. The molecule has 0 bridgehead atoms. The van der Waals surface area contributed by atoms with Gasteiger partial charge in [-0.25, -0.2) is 8.42 Å². The lowest BCUT2D eigenvalue weighted by Crippen LogP contribution is -2.61. The second kappa shape index (κ2) is 7.86. The van der Waals surface area contributed by atoms with Gasteiger partial charge in [-0.3, -0.25) is 4.79 Å². The van der Waals surface area contributed by atoms with Crippen molar-refractivity contribution in [3.8, 4) is 0 Å². The van der Waals surface area contributed by atoms with Crippen LogP contribution in [0.3, 0.4) is 0 Å². The zero-order valence-electron chi connectivity index (χ0n) is 17.3. The number of hydrogen-bond acceptors (Lipinski definition) is 6. The van der Waals surface area contributed by atoms with Crippen molar-refractivity contribution in [2.75, 3.05) is 20.8 Å². The highest BCUT2D eigenvalue weighted by Gasteiger charge is 2.49. The van der Waals surface area contributed by atoms with Gasteiger partial charge in [0.25, 0.3) is 0 Å². The molecule has 1 N–H and O–H groups in total. The first kappa shape index (κ1) is 21.4. The molecular formula is C21H31NO5S. The van der Waals surface area contributed by atoms with Crippen LogP contribution in [-0.4, -0.2) is 58.5 Å². The van der Waals surface area contributed by atoms with Crippen molar-refractivity contribution in [2.24, 2.45) is 5.92 Å². The van der Waals surface area contributed by atoms with E-state index in [0.717, 1.165) is 5.56 Å². The maximum atomic E-state index is 13.2. The Morgan fingerprint density at radius 1 is 1.00 bits per heavy atom. The summed E-state index contributed by atoms with van der Waals surface area (Å²) >= 11 is 0. The summed E-state index contributed by atoms with van der Waals surface area (Å²) in [4.78, 5) is 13.3. The highest BCUT2D eigenvalue weighted by Crippen LogP contribution is 2.35. The number of nitrogens with one attached hydrogen (secondary N) is 1. The fourth-order valence-corrected chi connectivity index (χ4v) is 5.98. The normalized spacial score (nSPS) is 31.5. The molecular weight excluding hydrogens is 378 g/mol. The van der Waals surface area contributed by atoms with Crippen molar-refractivity contribution >= 4 is 15.6 Å². The second-order valence-electron chi connectivity index (χ2n) is 8.85. The summed E-state index contributed by atoms with van der Waals surface area (Å²) in [5.41, 5.74) is 0.993. The van der Waals surface area contributed by atoms with Crippen molar-refractivity contribution in [2.45, 2.75) is 67.4 Å². The van der Waals surface area contributed by atoms with E-state index in [1.54, 1.807) is 26.4 Å². The van der Waals surface area contributed by atoms with E-state index in [9.17, 15) is 13.2 Å². The summed E-state index contributed by atoms with van der Waals surface area (Å²) in [5, 5.41) is 2.22. The fourth-order valence-electron chi connectivity index (χ4n) is 4.34. The van der Waals surface area contributed by atoms with Gasteiger partial charge in [-0.05, 0) is 36.0 Å². The average molecular weight is 410 g/mol. The monoisotopic (exact) mass is 409 g/mol. The number of carbonyl (C=O) groups excluding carboxylic acids is 1. The summed E-state index contributed by atoms with van der Waals surface area (Å²) in [7, 11) is -0.516. The Morgan fingerprint density at radius 2 is 1.57 bits per heavy atom. The Balaban J connectivity index is 1.83. The molecule has 0 spiro atoms. The molecule has 28 heavy (non-hydrogen) atoms. The molecule has 1 aromatic rings. The predicted molar refractivity (Wildman–Crippen MR) is 107 cm³/mol. The lowest BCUT2D eigenvalue weighted by Gasteiger charge is -2.43. The summed E-state index contributed by atoms with van der Waals surface area (Å²) in [6, 6.07) is 6.84. The van der Waals surface area contributed by atoms with Crippen molar-refractivity contribution in [3.63, 3.8) is 0 Å². The molecule has 6 nitrogen and oxygen atoms in total. The Bertz CT molecular complexity index is 812. The maximum Gasteiger partial charge on any atom is 0.189 e. The first-order valence-electron chi connectivity index (χ1n) is 9.76. The molecule has 156 valence electrons. The van der Waals surface area contributed by atoms with E-state index in [4.69, 9.17) is 9.47 Å². The minimum absolute atomic E-state index is 0.0626. The smallest absolute Gasteiger partial charge is 0.189 e. The van der Waals surface area contributed by atoms with Gasteiger partial charge in [0, 0.05) is 32.7 Å². The van der Waals surface area contributed by atoms with Crippen molar-refractivity contribution in [1.29, 1.82) is 0 Å². The standard InChI is InChI=1S/C21H31NO5S/c1-21(2,3)13-6-8-14(9-7-13)28(24,25)19-12-22-16-11-18(27-5)17(26-4)10-15(16)20(19)23/h6-9,15-19,22H,10-12H2,1-5H3. The van der Waals surface area contributed by atoms with E-state index >= 15 is 0 Å². The third kappa shape index (κ3) is 3.90. The van der Waals surface area contributed by atoms with E-state index < -0.39 is 15.1 Å². The fraction of sp³-hybridized carbons (Fsp3) is 0.667. The number of ketones is 1. The van der Waals surface area contributed by atoms with Crippen LogP contribution in [0.2, 0.25) is 0 Å². The number of methoxy groups -OCH3 is 2. The summed E-state index contributed by atoms with van der Waals surface area (Å²) in [6.45, 7) is 6.37. The van der Waals surface area contributed by atoms with Crippen LogP contribution in [0.4, 0.5) is 0 Å². The lowest BCUT2D eigenvalue weighted by atomic mass is 9.76. The molecule has 0 aromatic heterocycles. The number of fused-ring (bicyclic) bond motifs is 1. The number of Topliss-reactive ketones (excluding diaryl/α,β-unsaturated/α-hetero) is 1. The van der Waals surface area contributed by atoms with Gasteiger partial charge in [0.15, 0.2) is 15.6 Å². The van der Waals surface area contributed by atoms with Gasteiger partial charge < -0.3 is 14.8 Å². The number of carbonyl (C=O) groups is 1. The molecule has 3 rings (SSSR count). The second-order valence-corrected chi connectivity index (χ2v) is 11.0. The van der Waals surface area contributed by atoms with E-state index in [2.05, 4.69) is 26.1 Å². The van der Waals surface area contributed by atoms with Crippen molar-refractivity contribution < 1.29 is 22.7 Å². The molecule has 1 aliphatic carbocycles.